The van der Waals surface area contributed by atoms with E-state index in [1.165, 1.54) is 0 Å². The molecule has 15 heavy (non-hydrogen) atoms. The van der Waals surface area contributed by atoms with E-state index >= 15 is 0 Å². The summed E-state index contributed by atoms with van der Waals surface area (Å²) in [7, 11) is 0. The maximum Gasteiger partial charge on any atom is 0.320 e. The quantitative estimate of drug-likeness (QED) is 0.686. The van der Waals surface area contributed by atoms with Crippen molar-refractivity contribution in [1.29, 1.82) is 0 Å². The Kier molecular flexibility index (Phi) is 4.80. The molecular weight excluding hydrogens is 194 g/mol. The number of hydrogen-bond donors (Lipinski definition) is 2. The van der Waals surface area contributed by atoms with Gasteiger partial charge in [-0.15, -0.1) is 0 Å². The first-order valence-corrected chi connectivity index (χ1v) is 4.80. The molecular formula is C11H15NO3. The maximum atomic E-state index is 10.4. The van der Waals surface area contributed by atoms with E-state index in [0.29, 0.717) is 19.6 Å². The SMILES string of the molecule is N[C@H](CCOCc1ccccc1)C(=O)O. The second-order valence-corrected chi connectivity index (χ2v) is 3.27. The summed E-state index contributed by atoms with van der Waals surface area (Å²) in [6.07, 6.45) is 0.335. The van der Waals surface area contributed by atoms with Gasteiger partial charge in [-0.05, 0) is 12.0 Å². The predicted molar refractivity (Wildman–Crippen MR) is 56.3 cm³/mol. The predicted octanol–water partition coefficient (Wildman–Crippen LogP) is 1.01. The molecule has 0 spiro atoms. The summed E-state index contributed by atoms with van der Waals surface area (Å²) in [5.41, 5.74) is 6.39. The van der Waals surface area contributed by atoms with Gasteiger partial charge in [0.2, 0.25) is 0 Å². The largest absolute Gasteiger partial charge is 0.480 e. The molecule has 0 saturated carbocycles. The Morgan fingerprint density at radius 3 is 2.67 bits per heavy atom. The van der Waals surface area contributed by atoms with Crippen LogP contribution in [0.5, 0.6) is 0 Å². The number of hydrogen-bond acceptors (Lipinski definition) is 3. The molecule has 1 aromatic carbocycles. The van der Waals surface area contributed by atoms with Crippen LogP contribution in [0.25, 0.3) is 0 Å². The average Bonchev–Trinajstić information content (AvgIpc) is 2.25. The van der Waals surface area contributed by atoms with Crippen LogP contribution in [0.4, 0.5) is 0 Å². The van der Waals surface area contributed by atoms with Crippen LogP contribution in [0.3, 0.4) is 0 Å². The molecule has 4 nitrogen and oxygen atoms in total. The molecule has 1 aromatic rings. The Labute approximate surface area is 88.7 Å². The molecule has 0 heterocycles. The molecule has 0 aliphatic carbocycles. The third-order valence-electron chi connectivity index (χ3n) is 2.00. The first kappa shape index (κ1) is 11.7. The highest BCUT2D eigenvalue weighted by molar-refractivity contribution is 5.72. The van der Waals surface area contributed by atoms with Crippen molar-refractivity contribution in [3.05, 3.63) is 35.9 Å². The number of benzene rings is 1. The van der Waals surface area contributed by atoms with Gasteiger partial charge in [-0.1, -0.05) is 30.3 Å². The normalized spacial score (nSPS) is 12.3. The van der Waals surface area contributed by atoms with E-state index in [9.17, 15) is 4.79 Å². The lowest BCUT2D eigenvalue weighted by molar-refractivity contribution is -0.139. The maximum absolute atomic E-state index is 10.4. The molecule has 0 amide bonds. The molecule has 0 aliphatic heterocycles. The van der Waals surface area contributed by atoms with Gasteiger partial charge < -0.3 is 15.6 Å². The molecule has 0 radical (unpaired) electrons. The van der Waals surface area contributed by atoms with Crippen LogP contribution in [0.1, 0.15) is 12.0 Å². The number of carbonyl (C=O) groups is 1. The fourth-order valence-corrected chi connectivity index (χ4v) is 1.10. The second-order valence-electron chi connectivity index (χ2n) is 3.27. The van der Waals surface area contributed by atoms with E-state index in [4.69, 9.17) is 15.6 Å². The van der Waals surface area contributed by atoms with Gasteiger partial charge in [0.05, 0.1) is 6.61 Å². The summed E-state index contributed by atoms with van der Waals surface area (Å²) in [6, 6.07) is 8.88. The second kappa shape index (κ2) is 6.16. The molecule has 0 bridgehead atoms. The summed E-state index contributed by atoms with van der Waals surface area (Å²) in [6.45, 7) is 0.857. The van der Waals surface area contributed by atoms with E-state index in [2.05, 4.69) is 0 Å². The molecule has 4 heteroatoms. The van der Waals surface area contributed by atoms with Crippen molar-refractivity contribution in [1.82, 2.24) is 0 Å². The number of carboxylic acid groups (broad SMARTS) is 1. The molecule has 1 atom stereocenters. The topological polar surface area (TPSA) is 72.5 Å². The molecule has 0 saturated heterocycles. The van der Waals surface area contributed by atoms with Crippen molar-refractivity contribution in [3.63, 3.8) is 0 Å². The van der Waals surface area contributed by atoms with Gasteiger partial charge in [-0.3, -0.25) is 4.79 Å². The number of carboxylic acids is 1. The summed E-state index contributed by atoms with van der Waals surface area (Å²) in [5.74, 6) is -0.988. The van der Waals surface area contributed by atoms with E-state index < -0.39 is 12.0 Å². The number of aliphatic carboxylic acids is 1. The van der Waals surface area contributed by atoms with E-state index in [0.717, 1.165) is 5.56 Å². The van der Waals surface area contributed by atoms with Gasteiger partial charge in [-0.25, -0.2) is 0 Å². The van der Waals surface area contributed by atoms with Crippen molar-refractivity contribution in [2.75, 3.05) is 6.61 Å². The van der Waals surface area contributed by atoms with Crippen LogP contribution in [0.15, 0.2) is 30.3 Å². The van der Waals surface area contributed by atoms with Crippen LogP contribution < -0.4 is 5.73 Å². The highest BCUT2D eigenvalue weighted by Crippen LogP contribution is 2.01. The molecule has 0 aliphatic rings. The molecule has 0 aromatic heterocycles. The lowest BCUT2D eigenvalue weighted by atomic mass is 10.2. The third kappa shape index (κ3) is 4.58. The molecule has 3 N–H and O–H groups in total. The van der Waals surface area contributed by atoms with Gasteiger partial charge in [0, 0.05) is 6.61 Å². The molecule has 0 unspecified atom stereocenters. The van der Waals surface area contributed by atoms with Crippen LogP contribution in [-0.2, 0) is 16.1 Å². The average molecular weight is 209 g/mol. The van der Waals surface area contributed by atoms with Crippen LogP contribution in [0.2, 0.25) is 0 Å². The van der Waals surface area contributed by atoms with Crippen molar-refractivity contribution in [3.8, 4) is 0 Å². The number of nitrogens with two attached hydrogens (primary N) is 1. The summed E-state index contributed by atoms with van der Waals surface area (Å²) < 4.78 is 5.30. The minimum atomic E-state index is -0.988. The van der Waals surface area contributed by atoms with E-state index in [1.807, 2.05) is 30.3 Å². The fraction of sp³-hybridized carbons (Fsp3) is 0.364. The van der Waals surface area contributed by atoms with Crippen molar-refractivity contribution >= 4 is 5.97 Å². The Morgan fingerprint density at radius 1 is 1.40 bits per heavy atom. The highest BCUT2D eigenvalue weighted by Gasteiger charge is 2.10. The standard InChI is InChI=1S/C11H15NO3/c12-10(11(13)14)6-7-15-8-9-4-2-1-3-5-9/h1-5,10H,6-8,12H2,(H,13,14)/t10-/m1/s1. The number of rotatable bonds is 6. The van der Waals surface area contributed by atoms with Gasteiger partial charge in [-0.2, -0.15) is 0 Å². The third-order valence-corrected chi connectivity index (χ3v) is 2.00. The Balaban J connectivity index is 2.15. The summed E-state index contributed by atoms with van der Waals surface area (Å²) >= 11 is 0. The first-order valence-electron chi connectivity index (χ1n) is 4.80. The Hall–Kier alpha value is -1.39. The van der Waals surface area contributed by atoms with E-state index in [-0.39, 0.29) is 0 Å². The summed E-state index contributed by atoms with van der Waals surface area (Å²) in [4.78, 5) is 10.4. The zero-order valence-corrected chi connectivity index (χ0v) is 8.43. The minimum absolute atomic E-state index is 0.335. The smallest absolute Gasteiger partial charge is 0.320 e. The first-order chi connectivity index (χ1) is 7.20. The monoisotopic (exact) mass is 209 g/mol. The van der Waals surface area contributed by atoms with Gasteiger partial charge in [0.15, 0.2) is 0 Å². The molecule has 0 fully saturated rings. The van der Waals surface area contributed by atoms with Gasteiger partial charge >= 0.3 is 5.97 Å². The Bertz CT molecular complexity index is 300. The van der Waals surface area contributed by atoms with Crippen LogP contribution in [0, 0.1) is 0 Å². The minimum Gasteiger partial charge on any atom is -0.480 e. The molecule has 1 rings (SSSR count). The molecule has 82 valence electrons. The van der Waals surface area contributed by atoms with Gasteiger partial charge in [0.25, 0.3) is 0 Å². The van der Waals surface area contributed by atoms with Crippen molar-refractivity contribution < 1.29 is 14.6 Å². The number of ether oxygens (including phenoxy) is 1. The highest BCUT2D eigenvalue weighted by atomic mass is 16.5. The lowest BCUT2D eigenvalue weighted by Crippen LogP contribution is -2.31. The van der Waals surface area contributed by atoms with Crippen molar-refractivity contribution in [2.45, 2.75) is 19.1 Å². The zero-order valence-electron chi connectivity index (χ0n) is 8.43. The zero-order chi connectivity index (χ0) is 11.1. The van der Waals surface area contributed by atoms with Gasteiger partial charge in [0.1, 0.15) is 6.04 Å². The summed E-state index contributed by atoms with van der Waals surface area (Å²) in [5, 5.41) is 8.52. The van der Waals surface area contributed by atoms with E-state index in [1.54, 1.807) is 0 Å². The fourth-order valence-electron chi connectivity index (χ4n) is 1.10. The van der Waals surface area contributed by atoms with Crippen LogP contribution >= 0.6 is 0 Å². The van der Waals surface area contributed by atoms with Crippen LogP contribution in [-0.4, -0.2) is 23.7 Å². The van der Waals surface area contributed by atoms with Crippen molar-refractivity contribution in [2.24, 2.45) is 5.73 Å². The lowest BCUT2D eigenvalue weighted by Gasteiger charge is -2.07. The Morgan fingerprint density at radius 2 is 2.07 bits per heavy atom.